The van der Waals surface area contributed by atoms with Crippen LogP contribution in [0.25, 0.3) is 0 Å². The molecular weight excluding hydrogens is 524 g/mol. The van der Waals surface area contributed by atoms with Gasteiger partial charge in [-0.3, -0.25) is 14.5 Å². The van der Waals surface area contributed by atoms with E-state index in [9.17, 15) is 9.59 Å². The van der Waals surface area contributed by atoms with E-state index in [0.29, 0.717) is 41.7 Å². The van der Waals surface area contributed by atoms with Crippen LogP contribution in [0.15, 0.2) is 0 Å². The molecule has 0 bridgehead atoms. The zero-order valence-corrected chi connectivity index (χ0v) is 27.6. The molecule has 238 valence electrons. The maximum atomic E-state index is 13.1. The molecule has 42 heavy (non-hydrogen) atoms. The fourth-order valence-corrected chi connectivity index (χ4v) is 11.9. The van der Waals surface area contributed by atoms with Crippen molar-refractivity contribution >= 4 is 11.9 Å². The summed E-state index contributed by atoms with van der Waals surface area (Å²) in [5, 5.41) is 0. The normalized spacial score (nSPS) is 45.3. The number of carbonyl (C=O) groups is 2. The molecule has 0 aromatic heterocycles. The van der Waals surface area contributed by atoms with Gasteiger partial charge in [0.2, 0.25) is 0 Å². The largest absolute Gasteiger partial charge is 0.461 e. The predicted molar refractivity (Wildman–Crippen MR) is 166 cm³/mol. The third-order valence-corrected chi connectivity index (χ3v) is 14.1. The predicted octanol–water partition coefficient (Wildman–Crippen LogP) is 6.75. The van der Waals surface area contributed by atoms with Crippen LogP contribution < -0.4 is 0 Å². The van der Waals surface area contributed by atoms with Crippen molar-refractivity contribution in [3.05, 3.63) is 0 Å². The molecular formula is C36H61N2O4+. The molecule has 10 atom stereocenters. The van der Waals surface area contributed by atoms with Crippen LogP contribution in [0.4, 0.5) is 0 Å². The fourth-order valence-electron chi connectivity index (χ4n) is 11.9. The first-order chi connectivity index (χ1) is 20.1. The minimum absolute atomic E-state index is 0.0314. The molecule has 0 amide bonds. The summed E-state index contributed by atoms with van der Waals surface area (Å²) in [6, 6.07) is 0.797. The third kappa shape index (κ3) is 5.37. The molecule has 6 aliphatic rings. The molecule has 4 saturated carbocycles. The lowest BCUT2D eigenvalue weighted by Crippen LogP contribution is -2.61. The molecule has 2 aliphatic heterocycles. The topological polar surface area (TPSA) is 55.8 Å². The average molecular weight is 586 g/mol. The molecule has 6 rings (SSSR count). The highest BCUT2D eigenvalue weighted by atomic mass is 16.5. The monoisotopic (exact) mass is 585 g/mol. The van der Waals surface area contributed by atoms with Gasteiger partial charge in [-0.15, -0.1) is 0 Å². The molecule has 0 spiro atoms. The highest BCUT2D eigenvalue weighted by Gasteiger charge is 2.67. The van der Waals surface area contributed by atoms with Gasteiger partial charge in [0.15, 0.2) is 6.10 Å². The van der Waals surface area contributed by atoms with Gasteiger partial charge in [0.05, 0.1) is 20.1 Å². The number of esters is 2. The van der Waals surface area contributed by atoms with E-state index < -0.39 is 0 Å². The van der Waals surface area contributed by atoms with Crippen molar-refractivity contribution in [1.82, 2.24) is 4.90 Å². The fraction of sp³-hybridized carbons (Fsp3) is 0.944. The van der Waals surface area contributed by atoms with Crippen LogP contribution in [0.1, 0.15) is 124 Å². The molecule has 4 aliphatic carbocycles. The molecule has 6 fully saturated rings. The van der Waals surface area contributed by atoms with E-state index in [1.165, 1.54) is 90.1 Å². The minimum atomic E-state index is -0.109. The Hall–Kier alpha value is -1.14. The Balaban J connectivity index is 1.29. The highest BCUT2D eigenvalue weighted by Crippen LogP contribution is 2.67. The SMILES string of the molecule is CCCC(=O)O[C@@H]1[C@@H]([N+]2(C)CCCCC2)CC2C3CC[C@H]4C[C@H](OC(C)=O)C(N5CCCCC5)C[C@]4(C)C3CC[C@@]21C. The Morgan fingerprint density at radius 1 is 0.881 bits per heavy atom. The van der Waals surface area contributed by atoms with Gasteiger partial charge in [0, 0.05) is 31.2 Å². The lowest BCUT2D eigenvalue weighted by Gasteiger charge is -2.62. The van der Waals surface area contributed by atoms with Gasteiger partial charge in [0.25, 0.3) is 0 Å². The maximum Gasteiger partial charge on any atom is 0.306 e. The van der Waals surface area contributed by atoms with Crippen LogP contribution in [0.5, 0.6) is 0 Å². The number of carbonyl (C=O) groups excluding carboxylic acids is 2. The molecule has 0 aromatic rings. The van der Waals surface area contributed by atoms with Crippen molar-refractivity contribution in [2.75, 3.05) is 33.2 Å². The van der Waals surface area contributed by atoms with Crippen molar-refractivity contribution in [2.45, 2.75) is 148 Å². The van der Waals surface area contributed by atoms with Crippen molar-refractivity contribution in [2.24, 2.45) is 34.5 Å². The second-order valence-electron chi connectivity index (χ2n) is 16.4. The summed E-state index contributed by atoms with van der Waals surface area (Å²) in [6.45, 7) is 13.6. The van der Waals surface area contributed by atoms with E-state index in [0.717, 1.165) is 36.3 Å². The number of fused-ring (bicyclic) bond motifs is 5. The summed E-state index contributed by atoms with van der Waals surface area (Å²) < 4.78 is 13.8. The number of piperidine rings is 2. The van der Waals surface area contributed by atoms with Crippen LogP contribution in [0.3, 0.4) is 0 Å². The standard InChI is InChI=1S/C36H61N2O4/c1-6-13-33(40)42-34-31(38(5)20-11-8-12-21-38)23-29-27-15-14-26-22-32(41-25(2)39)30(37-18-9-7-10-19-37)24-36(26,4)28(27)16-17-35(29,34)3/h26-32,34H,6-24H2,1-5H3/q+1/t26-,27?,28?,29?,30?,31-,32-,34+,35-,36-/m0/s1. The first-order valence-electron chi connectivity index (χ1n) is 18.0. The molecule has 4 unspecified atom stereocenters. The Morgan fingerprint density at radius 2 is 1.60 bits per heavy atom. The number of nitrogens with zero attached hydrogens (tertiary/aromatic N) is 2. The van der Waals surface area contributed by atoms with Crippen molar-refractivity contribution < 1.29 is 23.5 Å². The first kappa shape index (κ1) is 30.9. The van der Waals surface area contributed by atoms with E-state index in [2.05, 4.69) is 32.7 Å². The zero-order chi connectivity index (χ0) is 29.7. The molecule has 2 saturated heterocycles. The van der Waals surface area contributed by atoms with Gasteiger partial charge in [0.1, 0.15) is 12.1 Å². The minimum Gasteiger partial charge on any atom is -0.461 e. The number of ether oxygens (including phenoxy) is 2. The van der Waals surface area contributed by atoms with E-state index in [-0.39, 0.29) is 29.6 Å². The van der Waals surface area contributed by atoms with E-state index in [4.69, 9.17) is 9.47 Å². The Morgan fingerprint density at radius 3 is 2.29 bits per heavy atom. The summed E-state index contributed by atoms with van der Waals surface area (Å²) >= 11 is 0. The average Bonchev–Trinajstić information content (AvgIpc) is 3.26. The first-order valence-corrected chi connectivity index (χ1v) is 18.0. The summed E-state index contributed by atoms with van der Waals surface area (Å²) in [4.78, 5) is 28.0. The number of hydrogen-bond donors (Lipinski definition) is 0. The number of likely N-dealkylation sites (tertiary alicyclic amines) is 2. The molecule has 0 N–H and O–H groups in total. The van der Waals surface area contributed by atoms with Gasteiger partial charge in [-0.05, 0) is 119 Å². The van der Waals surface area contributed by atoms with Gasteiger partial charge in [-0.2, -0.15) is 0 Å². The molecule has 0 aromatic carbocycles. The maximum absolute atomic E-state index is 13.1. The summed E-state index contributed by atoms with van der Waals surface area (Å²) in [5.74, 6) is 2.63. The van der Waals surface area contributed by atoms with E-state index >= 15 is 0 Å². The van der Waals surface area contributed by atoms with Crippen molar-refractivity contribution in [1.29, 1.82) is 0 Å². The highest BCUT2D eigenvalue weighted by molar-refractivity contribution is 5.69. The van der Waals surface area contributed by atoms with Crippen LogP contribution in [0.2, 0.25) is 0 Å². The smallest absolute Gasteiger partial charge is 0.306 e. The summed E-state index contributed by atoms with van der Waals surface area (Å²) in [6.07, 6.45) is 17.7. The Bertz CT molecular complexity index is 989. The van der Waals surface area contributed by atoms with Crippen LogP contribution in [-0.4, -0.2) is 78.8 Å². The molecule has 2 heterocycles. The molecule has 6 nitrogen and oxygen atoms in total. The molecule has 6 heteroatoms. The second-order valence-corrected chi connectivity index (χ2v) is 16.4. The van der Waals surface area contributed by atoms with E-state index in [1.807, 2.05) is 0 Å². The quantitative estimate of drug-likeness (QED) is 0.255. The van der Waals surface area contributed by atoms with Crippen LogP contribution in [0, 0.1) is 34.5 Å². The van der Waals surface area contributed by atoms with Crippen LogP contribution >= 0.6 is 0 Å². The lowest BCUT2D eigenvalue weighted by atomic mass is 9.44. The number of hydrogen-bond acceptors (Lipinski definition) is 5. The Labute approximate surface area is 256 Å². The third-order valence-electron chi connectivity index (χ3n) is 14.1. The number of quaternary nitrogens is 1. The van der Waals surface area contributed by atoms with Crippen molar-refractivity contribution in [3.8, 4) is 0 Å². The zero-order valence-electron chi connectivity index (χ0n) is 27.6. The van der Waals surface area contributed by atoms with Gasteiger partial charge >= 0.3 is 11.9 Å². The van der Waals surface area contributed by atoms with Gasteiger partial charge < -0.3 is 14.0 Å². The lowest BCUT2D eigenvalue weighted by molar-refractivity contribution is -0.940. The Kier molecular flexibility index (Phi) is 8.81. The summed E-state index contributed by atoms with van der Waals surface area (Å²) in [7, 11) is 2.49. The van der Waals surface area contributed by atoms with Crippen molar-refractivity contribution in [3.63, 3.8) is 0 Å². The number of likely N-dealkylation sites (N-methyl/N-ethyl adjacent to an activating group) is 1. The van der Waals surface area contributed by atoms with Gasteiger partial charge in [-0.1, -0.05) is 27.2 Å². The van der Waals surface area contributed by atoms with Crippen LogP contribution in [-0.2, 0) is 19.1 Å². The number of rotatable bonds is 6. The van der Waals surface area contributed by atoms with E-state index in [1.54, 1.807) is 6.92 Å². The van der Waals surface area contributed by atoms with Gasteiger partial charge in [-0.25, -0.2) is 0 Å². The summed E-state index contributed by atoms with van der Waals surface area (Å²) in [5.41, 5.74) is 0.372. The molecule has 0 radical (unpaired) electrons. The second kappa shape index (κ2) is 12.0.